The first-order valence-corrected chi connectivity index (χ1v) is 6.71. The molecule has 0 aliphatic heterocycles. The fourth-order valence-electron chi connectivity index (χ4n) is 2.28. The fraction of sp³-hybridized carbons (Fsp3) is 0.0769. The number of benzene rings is 2. The molecule has 0 aliphatic rings. The maximum absolute atomic E-state index is 12.4. The largest absolute Gasteiger partial charge is 0.692 e. The maximum Gasteiger partial charge on any atom is 0.307 e. The number of rotatable bonds is 1. The minimum Gasteiger partial charge on any atom is -0.692 e. The number of aryl methyl sites for hydroxylation is 1. The number of hydrogen-bond donors (Lipinski definition) is 0. The van der Waals surface area contributed by atoms with Crippen LogP contribution in [0.15, 0.2) is 35.0 Å². The molecule has 0 N–H and O–H groups in total. The lowest BCUT2D eigenvalue weighted by Crippen LogP contribution is -2.37. The molecule has 4 aromatic rings. The summed E-state index contributed by atoms with van der Waals surface area (Å²) in [4.78, 5) is 2.03. The van der Waals surface area contributed by atoms with Crippen molar-refractivity contribution in [2.24, 2.45) is 0 Å². The quantitative estimate of drug-likeness (QED) is 0.390. The van der Waals surface area contributed by atoms with Gasteiger partial charge < -0.3 is 10.4 Å². The summed E-state index contributed by atoms with van der Waals surface area (Å²) in [5, 5.41) is 32.2. The molecule has 0 aliphatic carbocycles. The molecule has 9 heteroatoms. The summed E-state index contributed by atoms with van der Waals surface area (Å²) in [5.41, 5.74) is 2.40. The van der Waals surface area contributed by atoms with Crippen molar-refractivity contribution in [1.82, 2.24) is 15.1 Å². The predicted octanol–water partition coefficient (Wildman–Crippen LogP) is 1.40. The lowest BCUT2D eigenvalue weighted by molar-refractivity contribution is -0.782. The molecule has 0 saturated carbocycles. The van der Waals surface area contributed by atoms with Crippen LogP contribution in [-0.4, -0.2) is 15.1 Å². The van der Waals surface area contributed by atoms with Crippen LogP contribution >= 0.6 is 11.6 Å². The SMILES string of the molecule is Cc1ccc(-n2nc3c4no[n+]([O-])c4ccc3[n+]2[O-])cc1Cl. The second kappa shape index (κ2) is 4.31. The molecule has 0 radical (unpaired) electrons. The molecule has 4 rings (SSSR count). The Morgan fingerprint density at radius 2 is 1.91 bits per heavy atom. The Bertz CT molecular complexity index is 1040. The summed E-state index contributed by atoms with van der Waals surface area (Å²) in [7, 11) is 0. The van der Waals surface area contributed by atoms with E-state index in [0.717, 1.165) is 10.4 Å². The number of fused-ring (bicyclic) bond motifs is 3. The average molecular weight is 318 g/mol. The van der Waals surface area contributed by atoms with Gasteiger partial charge in [-0.2, -0.15) is 0 Å². The molecule has 0 spiro atoms. The highest BCUT2D eigenvalue weighted by atomic mass is 35.5. The molecule has 8 nitrogen and oxygen atoms in total. The van der Waals surface area contributed by atoms with Gasteiger partial charge in [0.1, 0.15) is 5.69 Å². The first kappa shape index (κ1) is 12.8. The van der Waals surface area contributed by atoms with E-state index in [2.05, 4.69) is 14.9 Å². The van der Waals surface area contributed by atoms with Crippen LogP contribution in [0.3, 0.4) is 0 Å². The smallest absolute Gasteiger partial charge is 0.307 e. The molecule has 22 heavy (non-hydrogen) atoms. The Hall–Kier alpha value is -2.87. The number of hydrogen-bond acceptors (Lipinski definition) is 5. The highest BCUT2D eigenvalue weighted by molar-refractivity contribution is 6.31. The van der Waals surface area contributed by atoms with E-state index in [9.17, 15) is 10.4 Å². The van der Waals surface area contributed by atoms with Gasteiger partial charge in [-0.1, -0.05) is 17.7 Å². The van der Waals surface area contributed by atoms with Gasteiger partial charge in [0.25, 0.3) is 0 Å². The first-order chi connectivity index (χ1) is 10.6. The molecular formula is C13H8ClN5O3. The minimum absolute atomic E-state index is 0.208. The van der Waals surface area contributed by atoms with Crippen molar-refractivity contribution >= 4 is 33.7 Å². The zero-order valence-electron chi connectivity index (χ0n) is 11.2. The fourth-order valence-corrected chi connectivity index (χ4v) is 2.45. The Balaban J connectivity index is 2.04. The van der Waals surface area contributed by atoms with Crippen molar-refractivity contribution in [3.8, 4) is 5.69 Å². The van der Waals surface area contributed by atoms with Crippen LogP contribution in [0.1, 0.15) is 5.56 Å². The third-order valence-corrected chi connectivity index (χ3v) is 3.88. The molecule has 0 amide bonds. The highest BCUT2D eigenvalue weighted by Gasteiger charge is 2.25. The molecule has 0 bridgehead atoms. The number of nitrogens with zero attached hydrogens (tertiary/aromatic N) is 5. The van der Waals surface area contributed by atoms with E-state index >= 15 is 0 Å². The van der Waals surface area contributed by atoms with Crippen LogP contribution < -0.4 is 9.75 Å². The van der Waals surface area contributed by atoms with Crippen LogP contribution in [0, 0.1) is 17.3 Å². The normalized spacial score (nSPS) is 11.5. The standard InChI is InChI=1S/C13H8ClN5O3/c1-7-2-3-8(6-9(7)14)17-15-12-10(18(17)20)4-5-11-13(12)16-22-19(11)21/h2-6H,1H3. The van der Waals surface area contributed by atoms with E-state index in [1.54, 1.807) is 18.2 Å². The van der Waals surface area contributed by atoms with Gasteiger partial charge in [0.15, 0.2) is 0 Å². The third kappa shape index (κ3) is 1.64. The van der Waals surface area contributed by atoms with Crippen LogP contribution in [-0.2, 0) is 0 Å². The van der Waals surface area contributed by atoms with Gasteiger partial charge >= 0.3 is 11.0 Å². The van der Waals surface area contributed by atoms with Gasteiger partial charge in [-0.15, -0.1) is 4.85 Å². The summed E-state index contributed by atoms with van der Waals surface area (Å²) in [6.45, 7) is 1.86. The molecule has 2 heterocycles. The van der Waals surface area contributed by atoms with Crippen molar-refractivity contribution in [2.75, 3.05) is 0 Å². The lowest BCUT2D eigenvalue weighted by Gasteiger charge is -2.05. The number of aromatic nitrogens is 5. The van der Waals surface area contributed by atoms with Crippen molar-refractivity contribution in [3.63, 3.8) is 0 Å². The Kier molecular flexibility index (Phi) is 2.52. The topological polar surface area (TPSA) is 97.7 Å². The molecular weight excluding hydrogens is 310 g/mol. The van der Waals surface area contributed by atoms with Crippen molar-refractivity contribution in [3.05, 3.63) is 51.3 Å². The zero-order valence-corrected chi connectivity index (χ0v) is 12.0. The van der Waals surface area contributed by atoms with E-state index in [1.807, 2.05) is 6.92 Å². The molecule has 2 aromatic heterocycles. The van der Waals surface area contributed by atoms with Crippen molar-refractivity contribution in [2.45, 2.75) is 6.92 Å². The minimum atomic E-state index is 0.208. The van der Waals surface area contributed by atoms with E-state index < -0.39 is 0 Å². The summed E-state index contributed by atoms with van der Waals surface area (Å²) >= 11 is 6.09. The van der Waals surface area contributed by atoms with E-state index in [4.69, 9.17) is 11.6 Å². The lowest BCUT2D eigenvalue weighted by atomic mass is 10.2. The maximum atomic E-state index is 12.4. The molecule has 2 aromatic carbocycles. The van der Waals surface area contributed by atoms with E-state index in [-0.39, 0.29) is 27.0 Å². The van der Waals surface area contributed by atoms with Crippen molar-refractivity contribution < 1.29 is 14.4 Å². The molecule has 0 fully saturated rings. The average Bonchev–Trinajstić information content (AvgIpc) is 3.04. The van der Waals surface area contributed by atoms with E-state index in [1.165, 1.54) is 12.1 Å². The van der Waals surface area contributed by atoms with Crippen LogP contribution in [0.4, 0.5) is 0 Å². The second-order valence-corrected chi connectivity index (χ2v) is 5.23. The van der Waals surface area contributed by atoms with E-state index in [0.29, 0.717) is 15.6 Å². The molecule has 0 atom stereocenters. The summed E-state index contributed by atoms with van der Waals surface area (Å²) in [5.74, 6) is 0. The molecule has 0 saturated heterocycles. The highest BCUT2D eigenvalue weighted by Crippen LogP contribution is 2.21. The predicted molar refractivity (Wildman–Crippen MR) is 76.3 cm³/mol. The Morgan fingerprint density at radius 1 is 1.14 bits per heavy atom. The van der Waals surface area contributed by atoms with Gasteiger partial charge in [-0.05, 0) is 46.5 Å². The second-order valence-electron chi connectivity index (χ2n) is 4.83. The van der Waals surface area contributed by atoms with Gasteiger partial charge in [0, 0.05) is 5.02 Å². The van der Waals surface area contributed by atoms with Gasteiger partial charge in [0.05, 0.1) is 10.3 Å². The van der Waals surface area contributed by atoms with Gasteiger partial charge in [-0.3, -0.25) is 4.63 Å². The first-order valence-electron chi connectivity index (χ1n) is 6.34. The van der Waals surface area contributed by atoms with Gasteiger partial charge in [-0.25, -0.2) is 0 Å². The monoisotopic (exact) mass is 317 g/mol. The summed E-state index contributed by atoms with van der Waals surface area (Å²) in [6.07, 6.45) is 0. The van der Waals surface area contributed by atoms with Gasteiger partial charge in [0.2, 0.25) is 11.0 Å². The molecule has 110 valence electrons. The summed E-state index contributed by atoms with van der Waals surface area (Å²) in [6, 6.07) is 8.13. The number of halogens is 1. The zero-order chi connectivity index (χ0) is 15.4. The van der Waals surface area contributed by atoms with Crippen LogP contribution in [0.2, 0.25) is 5.02 Å². The molecule has 0 unspecified atom stereocenters. The van der Waals surface area contributed by atoms with Crippen LogP contribution in [0.5, 0.6) is 0 Å². The Labute approximate surface area is 127 Å². The summed E-state index contributed by atoms with van der Waals surface area (Å²) < 4.78 is 4.54. The Morgan fingerprint density at radius 3 is 2.68 bits per heavy atom. The third-order valence-electron chi connectivity index (χ3n) is 3.47. The van der Waals surface area contributed by atoms with Crippen LogP contribution in [0.25, 0.3) is 27.8 Å². The van der Waals surface area contributed by atoms with Crippen molar-refractivity contribution in [1.29, 1.82) is 0 Å².